The van der Waals surface area contributed by atoms with Crippen LogP contribution in [0.4, 0.5) is 0 Å². The van der Waals surface area contributed by atoms with Crippen LogP contribution in [0.5, 0.6) is 0 Å². The average molecular weight is 289 g/mol. The van der Waals surface area contributed by atoms with Crippen molar-refractivity contribution in [3.63, 3.8) is 0 Å². The smallest absolute Gasteiger partial charge is 0.336 e. The number of hydrogen-bond acceptors (Lipinski definition) is 4. The van der Waals surface area contributed by atoms with E-state index in [1.807, 2.05) is 0 Å². The topological polar surface area (TPSA) is 76.4 Å². The van der Waals surface area contributed by atoms with Crippen LogP contribution in [0.2, 0.25) is 0 Å². The third-order valence-electron chi connectivity index (χ3n) is 4.45. The minimum atomic E-state index is -0.480. The van der Waals surface area contributed by atoms with E-state index in [0.29, 0.717) is 17.5 Å². The molecule has 1 fully saturated rings. The summed E-state index contributed by atoms with van der Waals surface area (Å²) in [4.78, 5) is 34.9. The summed E-state index contributed by atoms with van der Waals surface area (Å²) in [6.45, 7) is 0. The normalized spacial score (nSPS) is 18.7. The number of rotatable bonds is 4. The molecule has 0 saturated heterocycles. The van der Waals surface area contributed by atoms with Crippen molar-refractivity contribution in [3.05, 3.63) is 33.4 Å². The summed E-state index contributed by atoms with van der Waals surface area (Å²) in [7, 11) is 0. The third kappa shape index (κ3) is 3.06. The van der Waals surface area contributed by atoms with E-state index in [0.717, 1.165) is 18.8 Å². The largest absolute Gasteiger partial charge is 0.426 e. The van der Waals surface area contributed by atoms with Crippen LogP contribution >= 0.6 is 0 Å². The van der Waals surface area contributed by atoms with E-state index in [1.165, 1.54) is 31.7 Å². The molecule has 0 bridgehead atoms. The van der Waals surface area contributed by atoms with Crippen molar-refractivity contribution in [1.29, 1.82) is 0 Å². The van der Waals surface area contributed by atoms with Crippen molar-refractivity contribution in [2.75, 3.05) is 0 Å². The van der Waals surface area contributed by atoms with Crippen LogP contribution in [0.1, 0.15) is 60.2 Å². The number of hydrogen-bond donors (Lipinski definition) is 1. The van der Waals surface area contributed by atoms with Crippen molar-refractivity contribution in [2.24, 2.45) is 5.92 Å². The highest BCUT2D eigenvalue weighted by atomic mass is 16.4. The van der Waals surface area contributed by atoms with Gasteiger partial charge in [0.2, 0.25) is 5.91 Å². The van der Waals surface area contributed by atoms with E-state index in [-0.39, 0.29) is 12.2 Å². The predicted octanol–water partition coefficient (Wildman–Crippen LogP) is 1.97. The van der Waals surface area contributed by atoms with Crippen LogP contribution in [-0.4, -0.2) is 11.8 Å². The zero-order chi connectivity index (χ0) is 14.8. The molecule has 0 unspecified atom stereocenters. The standard InChI is InChI=1S/C16H19NO4/c18-13-9-12-15(16(20)17-13)11(8-14(19)21-12)7-3-6-10-4-1-2-5-10/h8,10H,1-7,9H2,(H,17,18,20). The molecule has 5 heteroatoms. The molecule has 1 aromatic heterocycles. The predicted molar refractivity (Wildman–Crippen MR) is 76.1 cm³/mol. The second kappa shape index (κ2) is 5.84. The number of aryl methyl sites for hydroxylation is 1. The number of carbonyl (C=O) groups is 2. The zero-order valence-corrected chi connectivity index (χ0v) is 11.9. The molecule has 3 rings (SSSR count). The molecule has 2 amide bonds. The van der Waals surface area contributed by atoms with Crippen molar-refractivity contribution in [2.45, 2.75) is 51.4 Å². The summed E-state index contributed by atoms with van der Waals surface area (Å²) >= 11 is 0. The summed E-state index contributed by atoms with van der Waals surface area (Å²) in [5, 5.41) is 2.29. The van der Waals surface area contributed by atoms with Crippen molar-refractivity contribution >= 4 is 11.8 Å². The van der Waals surface area contributed by atoms with Gasteiger partial charge < -0.3 is 4.42 Å². The summed E-state index contributed by atoms with van der Waals surface area (Å²) in [6.07, 6.45) is 7.98. The first-order valence-corrected chi connectivity index (χ1v) is 7.63. The van der Waals surface area contributed by atoms with Gasteiger partial charge in [-0.1, -0.05) is 32.1 Å². The van der Waals surface area contributed by atoms with Gasteiger partial charge in [0.05, 0.1) is 12.0 Å². The van der Waals surface area contributed by atoms with Crippen LogP contribution in [-0.2, 0) is 17.6 Å². The second-order valence-electron chi connectivity index (χ2n) is 5.99. The van der Waals surface area contributed by atoms with Gasteiger partial charge in [0.25, 0.3) is 5.91 Å². The second-order valence-corrected chi connectivity index (χ2v) is 5.99. The SMILES string of the molecule is O=C1Cc2oc(=O)cc(CCCC3CCCC3)c2C(=O)N1. The van der Waals surface area contributed by atoms with Gasteiger partial charge in [0, 0.05) is 6.07 Å². The first-order chi connectivity index (χ1) is 10.1. The van der Waals surface area contributed by atoms with E-state index in [9.17, 15) is 14.4 Å². The van der Waals surface area contributed by atoms with Crippen LogP contribution in [0.15, 0.2) is 15.3 Å². The Kier molecular flexibility index (Phi) is 3.90. The van der Waals surface area contributed by atoms with Crippen LogP contribution in [0.3, 0.4) is 0 Å². The average Bonchev–Trinajstić information content (AvgIpc) is 2.90. The molecule has 0 spiro atoms. The molecule has 1 aliphatic heterocycles. The molecule has 1 N–H and O–H groups in total. The maximum absolute atomic E-state index is 12.0. The number of fused-ring (bicyclic) bond motifs is 1. The van der Waals surface area contributed by atoms with E-state index in [1.54, 1.807) is 0 Å². The van der Waals surface area contributed by atoms with E-state index < -0.39 is 17.4 Å². The molecule has 21 heavy (non-hydrogen) atoms. The van der Waals surface area contributed by atoms with Crippen molar-refractivity contribution in [3.8, 4) is 0 Å². The Balaban J connectivity index is 1.76. The highest BCUT2D eigenvalue weighted by molar-refractivity contribution is 6.09. The molecule has 1 saturated carbocycles. The molecule has 1 aromatic rings. The van der Waals surface area contributed by atoms with Crippen LogP contribution < -0.4 is 10.9 Å². The number of amides is 2. The molecular weight excluding hydrogens is 270 g/mol. The fraction of sp³-hybridized carbons (Fsp3) is 0.562. The molecular formula is C16H19NO4. The number of nitrogens with one attached hydrogen (secondary N) is 1. The highest BCUT2D eigenvalue weighted by Gasteiger charge is 2.28. The first kappa shape index (κ1) is 14.0. The number of imide groups is 1. The van der Waals surface area contributed by atoms with Crippen LogP contribution in [0, 0.1) is 5.92 Å². The summed E-state index contributed by atoms with van der Waals surface area (Å²) < 4.78 is 5.02. The van der Waals surface area contributed by atoms with E-state index >= 15 is 0 Å². The first-order valence-electron chi connectivity index (χ1n) is 7.63. The Morgan fingerprint density at radius 1 is 1.19 bits per heavy atom. The molecule has 112 valence electrons. The summed E-state index contributed by atoms with van der Waals surface area (Å²) in [5.41, 5.74) is 0.622. The van der Waals surface area contributed by atoms with E-state index in [4.69, 9.17) is 4.42 Å². The Bertz CT molecular complexity index is 626. The lowest BCUT2D eigenvalue weighted by atomic mass is 9.94. The van der Waals surface area contributed by atoms with Gasteiger partial charge >= 0.3 is 5.63 Å². The van der Waals surface area contributed by atoms with Crippen molar-refractivity contribution in [1.82, 2.24) is 5.32 Å². The van der Waals surface area contributed by atoms with Gasteiger partial charge in [-0.2, -0.15) is 0 Å². The molecule has 0 atom stereocenters. The van der Waals surface area contributed by atoms with Gasteiger partial charge in [0.1, 0.15) is 5.76 Å². The highest BCUT2D eigenvalue weighted by Crippen LogP contribution is 2.29. The molecule has 5 nitrogen and oxygen atoms in total. The lowest BCUT2D eigenvalue weighted by Crippen LogP contribution is -2.38. The molecule has 2 heterocycles. The van der Waals surface area contributed by atoms with E-state index in [2.05, 4.69) is 5.32 Å². The third-order valence-corrected chi connectivity index (χ3v) is 4.45. The van der Waals surface area contributed by atoms with Crippen LogP contribution in [0.25, 0.3) is 0 Å². The quantitative estimate of drug-likeness (QED) is 0.860. The lowest BCUT2D eigenvalue weighted by molar-refractivity contribution is -0.120. The molecule has 0 radical (unpaired) electrons. The fourth-order valence-electron chi connectivity index (χ4n) is 3.45. The maximum Gasteiger partial charge on any atom is 0.336 e. The Morgan fingerprint density at radius 3 is 2.71 bits per heavy atom. The van der Waals surface area contributed by atoms with Gasteiger partial charge in [-0.3, -0.25) is 14.9 Å². The van der Waals surface area contributed by atoms with Gasteiger partial charge in [-0.25, -0.2) is 4.79 Å². The zero-order valence-electron chi connectivity index (χ0n) is 11.9. The summed E-state index contributed by atoms with van der Waals surface area (Å²) in [5.74, 6) is 0.142. The monoisotopic (exact) mass is 289 g/mol. The lowest BCUT2D eigenvalue weighted by Gasteiger charge is -2.17. The van der Waals surface area contributed by atoms with Gasteiger partial charge in [0.15, 0.2) is 0 Å². The van der Waals surface area contributed by atoms with Crippen molar-refractivity contribution < 1.29 is 14.0 Å². The molecule has 2 aliphatic rings. The minimum absolute atomic E-state index is 0.0349. The molecule has 0 aromatic carbocycles. The Hall–Kier alpha value is -1.91. The number of carbonyl (C=O) groups excluding carboxylic acids is 2. The maximum atomic E-state index is 12.0. The Labute approximate surface area is 122 Å². The Morgan fingerprint density at radius 2 is 1.95 bits per heavy atom. The fourth-order valence-corrected chi connectivity index (χ4v) is 3.45. The molecule has 1 aliphatic carbocycles. The van der Waals surface area contributed by atoms with Gasteiger partial charge in [-0.15, -0.1) is 0 Å². The summed E-state index contributed by atoms with van der Waals surface area (Å²) in [6, 6.07) is 1.39. The van der Waals surface area contributed by atoms with Gasteiger partial charge in [-0.05, 0) is 24.3 Å². The minimum Gasteiger partial charge on any atom is -0.426 e.